The molecule has 5 aliphatic rings. The number of hydrazone groups is 1. The first-order chi connectivity index (χ1) is 14.5. The molecule has 152 valence electrons. The van der Waals surface area contributed by atoms with Gasteiger partial charge in [-0.3, -0.25) is 9.59 Å². The average molecular weight is 400 g/mol. The molecule has 2 saturated carbocycles. The lowest BCUT2D eigenvalue weighted by molar-refractivity contribution is -0.140. The number of ether oxygens (including phenoxy) is 1. The predicted octanol–water partition coefficient (Wildman–Crippen LogP) is 4.01. The fourth-order valence-corrected chi connectivity index (χ4v) is 5.94. The van der Waals surface area contributed by atoms with E-state index in [1.165, 1.54) is 0 Å². The van der Waals surface area contributed by atoms with Gasteiger partial charge in [0.2, 0.25) is 0 Å². The summed E-state index contributed by atoms with van der Waals surface area (Å²) in [5, 5.41) is 7.61. The van der Waals surface area contributed by atoms with Crippen LogP contribution in [0.5, 0.6) is 5.75 Å². The lowest BCUT2D eigenvalue weighted by atomic mass is 9.63. The van der Waals surface area contributed by atoms with Crippen molar-refractivity contribution in [2.75, 3.05) is 0 Å². The first kappa shape index (κ1) is 17.9. The molecule has 30 heavy (non-hydrogen) atoms. The number of carbonyl (C=O) groups excluding carboxylic acids is 2. The van der Waals surface area contributed by atoms with Crippen LogP contribution in [0.15, 0.2) is 53.7 Å². The van der Waals surface area contributed by atoms with Crippen LogP contribution in [0.4, 0.5) is 0 Å². The largest absolute Gasteiger partial charge is 0.490 e. The Morgan fingerprint density at radius 2 is 1.67 bits per heavy atom. The van der Waals surface area contributed by atoms with Gasteiger partial charge in [-0.05, 0) is 60.8 Å². The van der Waals surface area contributed by atoms with Crippen LogP contribution in [0.25, 0.3) is 10.8 Å². The van der Waals surface area contributed by atoms with Gasteiger partial charge in [-0.15, -0.1) is 0 Å². The Morgan fingerprint density at radius 1 is 1.00 bits per heavy atom. The highest BCUT2D eigenvalue weighted by atomic mass is 16.5. The van der Waals surface area contributed by atoms with Crippen LogP contribution in [-0.4, -0.2) is 29.1 Å². The van der Waals surface area contributed by atoms with Crippen LogP contribution in [0.1, 0.15) is 25.8 Å². The van der Waals surface area contributed by atoms with Crippen molar-refractivity contribution >= 4 is 28.8 Å². The van der Waals surface area contributed by atoms with E-state index in [9.17, 15) is 9.59 Å². The van der Waals surface area contributed by atoms with E-state index in [-0.39, 0.29) is 41.6 Å². The van der Waals surface area contributed by atoms with Gasteiger partial charge in [0.15, 0.2) is 0 Å². The van der Waals surface area contributed by atoms with Crippen molar-refractivity contribution in [3.63, 3.8) is 0 Å². The number of carbonyl (C=O) groups is 2. The molecule has 0 unspecified atom stereocenters. The molecule has 0 radical (unpaired) electrons. The molecule has 5 nitrogen and oxygen atoms in total. The maximum absolute atomic E-state index is 13.2. The summed E-state index contributed by atoms with van der Waals surface area (Å²) in [6.45, 7) is 3.95. The first-order valence-electron chi connectivity index (χ1n) is 10.8. The van der Waals surface area contributed by atoms with Gasteiger partial charge in [-0.25, -0.2) is 0 Å². The van der Waals surface area contributed by atoms with E-state index >= 15 is 0 Å². The van der Waals surface area contributed by atoms with Crippen LogP contribution >= 0.6 is 0 Å². The molecule has 3 fully saturated rings. The summed E-state index contributed by atoms with van der Waals surface area (Å²) < 4.78 is 5.99. The number of fused-ring (bicyclic) bond motifs is 1. The second kappa shape index (κ2) is 6.27. The summed E-state index contributed by atoms with van der Waals surface area (Å²) in [4.78, 5) is 26.4. The number of nitrogens with zero attached hydrogens (tertiary/aromatic N) is 2. The summed E-state index contributed by atoms with van der Waals surface area (Å²) in [6, 6.07) is 11.9. The van der Waals surface area contributed by atoms with Gasteiger partial charge in [-0.2, -0.15) is 10.1 Å². The molecule has 5 heteroatoms. The van der Waals surface area contributed by atoms with Crippen molar-refractivity contribution in [2.24, 2.45) is 40.6 Å². The maximum atomic E-state index is 13.2. The molecule has 1 saturated heterocycles. The second-order valence-electron chi connectivity index (χ2n) is 9.25. The van der Waals surface area contributed by atoms with E-state index < -0.39 is 0 Å². The number of rotatable bonds is 4. The van der Waals surface area contributed by atoms with Gasteiger partial charge in [0.25, 0.3) is 11.8 Å². The molecule has 4 aliphatic carbocycles. The first-order valence-corrected chi connectivity index (χ1v) is 10.8. The fourth-order valence-electron chi connectivity index (χ4n) is 5.94. The van der Waals surface area contributed by atoms with E-state index in [0.717, 1.165) is 27.8 Å². The Bertz CT molecular complexity index is 1100. The number of hydrogen-bond donors (Lipinski definition) is 0. The molecule has 2 aromatic carbocycles. The van der Waals surface area contributed by atoms with E-state index in [4.69, 9.17) is 4.74 Å². The van der Waals surface area contributed by atoms with Crippen LogP contribution in [0.3, 0.4) is 0 Å². The molecule has 2 aromatic rings. The van der Waals surface area contributed by atoms with E-state index in [2.05, 4.69) is 17.3 Å². The molecule has 0 aromatic heterocycles. The van der Waals surface area contributed by atoms with Gasteiger partial charge in [0.1, 0.15) is 5.75 Å². The molecule has 2 amide bonds. The van der Waals surface area contributed by atoms with Crippen molar-refractivity contribution in [3.05, 3.63) is 54.1 Å². The number of imide groups is 1. The fraction of sp³-hybridized carbons (Fsp3) is 0.400. The topological polar surface area (TPSA) is 59.0 Å². The lowest BCUT2D eigenvalue weighted by Gasteiger charge is -2.37. The van der Waals surface area contributed by atoms with Crippen molar-refractivity contribution in [3.8, 4) is 5.75 Å². The van der Waals surface area contributed by atoms with Crippen molar-refractivity contribution in [1.82, 2.24) is 5.01 Å². The Kier molecular flexibility index (Phi) is 3.74. The standard InChI is InChI=1S/C25H24N2O3/c1-13(2)30-21-10-7-14-5-3-4-6-15(14)20(21)12-26-27-24(28)22-16-8-9-17(19-11-18(16)19)23(22)25(27)29/h3-10,12-13,16-19,22-23H,11H2,1-2H3/b26-12-/t16-,17-,18-,19+,22+,23+/m0/s1. The van der Waals surface area contributed by atoms with Crippen molar-refractivity contribution in [1.29, 1.82) is 0 Å². The third-order valence-corrected chi connectivity index (χ3v) is 7.24. The van der Waals surface area contributed by atoms with Crippen LogP contribution in [0.2, 0.25) is 0 Å². The van der Waals surface area contributed by atoms with E-state index in [1.54, 1.807) is 6.21 Å². The predicted molar refractivity (Wildman–Crippen MR) is 114 cm³/mol. The Labute approximate surface area is 175 Å². The van der Waals surface area contributed by atoms with Crippen molar-refractivity contribution in [2.45, 2.75) is 26.4 Å². The number of allylic oxidation sites excluding steroid dienone is 2. The zero-order chi connectivity index (χ0) is 20.6. The zero-order valence-corrected chi connectivity index (χ0v) is 17.1. The Morgan fingerprint density at radius 3 is 2.33 bits per heavy atom. The van der Waals surface area contributed by atoms with Gasteiger partial charge < -0.3 is 4.74 Å². The van der Waals surface area contributed by atoms with E-state index in [0.29, 0.717) is 17.6 Å². The van der Waals surface area contributed by atoms with Crippen molar-refractivity contribution < 1.29 is 14.3 Å². The van der Waals surface area contributed by atoms with Crippen LogP contribution in [-0.2, 0) is 9.59 Å². The minimum Gasteiger partial charge on any atom is -0.490 e. The minimum atomic E-state index is -0.229. The molecular formula is C25H24N2O3. The number of benzene rings is 2. The highest BCUT2D eigenvalue weighted by molar-refractivity contribution is 6.08. The van der Waals surface area contributed by atoms with Crippen LogP contribution < -0.4 is 4.74 Å². The molecule has 1 aliphatic heterocycles. The second-order valence-corrected chi connectivity index (χ2v) is 9.25. The lowest BCUT2D eigenvalue weighted by Crippen LogP contribution is -2.40. The SMILES string of the molecule is CC(C)Oc1ccc2ccccc2c1/C=N\N1C(=O)[C@@H]2[C@H]3C=C[C@@H]([C@@H]4C[C@H]34)[C@H]2C1=O. The summed E-state index contributed by atoms with van der Waals surface area (Å²) in [7, 11) is 0. The quantitative estimate of drug-likeness (QED) is 0.443. The summed E-state index contributed by atoms with van der Waals surface area (Å²) >= 11 is 0. The Hall–Kier alpha value is -2.95. The molecule has 0 N–H and O–H groups in total. The highest BCUT2D eigenvalue weighted by Gasteiger charge is 2.67. The highest BCUT2D eigenvalue weighted by Crippen LogP contribution is 2.65. The molecule has 1 heterocycles. The maximum Gasteiger partial charge on any atom is 0.254 e. The van der Waals surface area contributed by atoms with E-state index in [1.807, 2.05) is 50.2 Å². The van der Waals surface area contributed by atoms with Gasteiger partial charge in [0.05, 0.1) is 24.2 Å². The zero-order valence-electron chi connectivity index (χ0n) is 17.1. The van der Waals surface area contributed by atoms with Gasteiger partial charge in [0, 0.05) is 5.56 Å². The molecular weight excluding hydrogens is 376 g/mol. The number of amides is 2. The smallest absolute Gasteiger partial charge is 0.254 e. The molecule has 2 bridgehead atoms. The molecule has 7 rings (SSSR count). The third kappa shape index (κ3) is 2.44. The molecule has 0 spiro atoms. The van der Waals surface area contributed by atoms with Crippen LogP contribution in [0, 0.1) is 35.5 Å². The monoisotopic (exact) mass is 400 g/mol. The summed E-state index contributed by atoms with van der Waals surface area (Å²) in [6.07, 6.45) is 7.15. The Balaban J connectivity index is 1.38. The third-order valence-electron chi connectivity index (χ3n) is 7.24. The number of hydrogen-bond acceptors (Lipinski definition) is 4. The van der Waals surface area contributed by atoms with Gasteiger partial charge in [-0.1, -0.05) is 42.5 Å². The minimum absolute atomic E-state index is 0.00431. The van der Waals surface area contributed by atoms with Gasteiger partial charge >= 0.3 is 0 Å². The average Bonchev–Trinajstić information content (AvgIpc) is 3.52. The normalized spacial score (nSPS) is 33.6. The summed E-state index contributed by atoms with van der Waals surface area (Å²) in [5.41, 5.74) is 0.793. The summed E-state index contributed by atoms with van der Waals surface area (Å²) in [5.74, 6) is 1.55. The molecule has 6 atom stereocenters.